The monoisotopic (exact) mass is 529 g/mol. The minimum Gasteiger partial charge on any atom is -0.355 e. The van der Waals surface area contributed by atoms with E-state index in [1.807, 2.05) is 37.2 Å². The van der Waals surface area contributed by atoms with E-state index in [0.717, 1.165) is 42.1 Å². The Morgan fingerprint density at radius 3 is 2.53 bits per heavy atom. The first-order valence-electron chi connectivity index (χ1n) is 10.5. The van der Waals surface area contributed by atoms with Gasteiger partial charge in [0.2, 0.25) is 0 Å². The molecule has 3 heterocycles. The number of likely N-dealkylation sites (tertiary alicyclic amines) is 1. The summed E-state index contributed by atoms with van der Waals surface area (Å²) in [7, 11) is 3.96. The maximum atomic E-state index is 4.86. The molecule has 1 fully saturated rings. The molecule has 0 saturated carbocycles. The van der Waals surface area contributed by atoms with Crippen molar-refractivity contribution in [1.82, 2.24) is 40.1 Å². The summed E-state index contributed by atoms with van der Waals surface area (Å²) in [5.41, 5.74) is 3.37. The molecule has 168 valence electrons. The number of likely N-dealkylation sites (N-methyl/N-ethyl adjacent to an activating group) is 1. The highest BCUT2D eigenvalue weighted by molar-refractivity contribution is 14.0. The number of hydrogen-bond donors (Lipinski definition) is 2. The van der Waals surface area contributed by atoms with Gasteiger partial charge in [-0.25, -0.2) is 4.99 Å². The largest absolute Gasteiger partial charge is 0.355 e. The van der Waals surface area contributed by atoms with Crippen LogP contribution in [0.25, 0.3) is 0 Å². The highest BCUT2D eigenvalue weighted by Crippen LogP contribution is 2.16. The van der Waals surface area contributed by atoms with E-state index >= 15 is 0 Å². The van der Waals surface area contributed by atoms with Gasteiger partial charge in [-0.15, -0.1) is 34.2 Å². The Bertz CT molecular complexity index is 855. The lowest BCUT2D eigenvalue weighted by atomic mass is 10.2. The van der Waals surface area contributed by atoms with Gasteiger partial charge in [0, 0.05) is 37.9 Å². The molecule has 0 aliphatic carbocycles. The lowest BCUT2D eigenvalue weighted by Crippen LogP contribution is -2.44. The number of aliphatic imine (C=N–C) groups is 1. The van der Waals surface area contributed by atoms with Crippen LogP contribution in [0.15, 0.2) is 4.99 Å². The van der Waals surface area contributed by atoms with Crippen molar-refractivity contribution < 1.29 is 0 Å². The number of hydrogen-bond acceptors (Lipinski definition) is 5. The van der Waals surface area contributed by atoms with Crippen LogP contribution in [-0.4, -0.2) is 61.1 Å². The maximum Gasteiger partial charge on any atom is 0.192 e. The Morgan fingerprint density at radius 1 is 1.17 bits per heavy atom. The van der Waals surface area contributed by atoms with Gasteiger partial charge in [0.05, 0.1) is 18.8 Å². The van der Waals surface area contributed by atoms with Crippen LogP contribution in [0.2, 0.25) is 0 Å². The molecule has 1 saturated heterocycles. The molecule has 0 amide bonds. The fraction of sp³-hybridized carbons (Fsp3) is 0.700. The van der Waals surface area contributed by atoms with E-state index in [1.54, 1.807) is 0 Å². The SMILES string of the molecule is CCN1CCCC1CNC(=NCc1c(C)nn(C)c1C)NCc1nnc(C)n1C.I. The van der Waals surface area contributed by atoms with Gasteiger partial charge in [0.1, 0.15) is 5.82 Å². The predicted molar refractivity (Wildman–Crippen MR) is 130 cm³/mol. The molecule has 0 bridgehead atoms. The second kappa shape index (κ2) is 11.1. The zero-order valence-electron chi connectivity index (χ0n) is 19.1. The zero-order chi connectivity index (χ0) is 21.0. The summed E-state index contributed by atoms with van der Waals surface area (Å²) in [4.78, 5) is 7.39. The van der Waals surface area contributed by atoms with Crippen molar-refractivity contribution in [2.75, 3.05) is 19.6 Å². The average Bonchev–Trinajstić information content (AvgIpc) is 3.36. The molecular formula is C20H36IN9. The van der Waals surface area contributed by atoms with Gasteiger partial charge in [-0.3, -0.25) is 9.58 Å². The molecule has 1 aliphatic rings. The fourth-order valence-electron chi connectivity index (χ4n) is 3.90. The summed E-state index contributed by atoms with van der Waals surface area (Å²) in [5, 5.41) is 19.9. The van der Waals surface area contributed by atoms with E-state index in [1.165, 1.54) is 24.9 Å². The van der Waals surface area contributed by atoms with Crippen LogP contribution in [0.4, 0.5) is 0 Å². The molecule has 1 unspecified atom stereocenters. The molecule has 1 atom stereocenters. The van der Waals surface area contributed by atoms with E-state index in [-0.39, 0.29) is 24.0 Å². The van der Waals surface area contributed by atoms with E-state index in [4.69, 9.17) is 4.99 Å². The second-order valence-electron chi connectivity index (χ2n) is 7.82. The minimum absolute atomic E-state index is 0. The van der Waals surface area contributed by atoms with Crippen molar-refractivity contribution in [1.29, 1.82) is 0 Å². The van der Waals surface area contributed by atoms with Crippen molar-refractivity contribution in [2.24, 2.45) is 19.1 Å². The van der Waals surface area contributed by atoms with Crippen LogP contribution in [-0.2, 0) is 27.2 Å². The first-order valence-corrected chi connectivity index (χ1v) is 10.5. The summed E-state index contributed by atoms with van der Waals surface area (Å²) in [5.74, 6) is 2.59. The van der Waals surface area contributed by atoms with Crippen molar-refractivity contribution in [2.45, 2.75) is 59.7 Å². The topological polar surface area (TPSA) is 88.2 Å². The first-order chi connectivity index (χ1) is 13.9. The van der Waals surface area contributed by atoms with Gasteiger partial charge in [-0.05, 0) is 46.7 Å². The number of halogens is 1. The van der Waals surface area contributed by atoms with Gasteiger partial charge >= 0.3 is 0 Å². The van der Waals surface area contributed by atoms with Crippen molar-refractivity contribution >= 4 is 29.9 Å². The molecule has 0 aromatic carbocycles. The fourth-order valence-corrected chi connectivity index (χ4v) is 3.90. The Balaban J connectivity index is 0.00000320. The van der Waals surface area contributed by atoms with E-state index in [9.17, 15) is 0 Å². The third-order valence-electron chi connectivity index (χ3n) is 6.06. The van der Waals surface area contributed by atoms with Crippen LogP contribution in [0.3, 0.4) is 0 Å². The molecule has 9 nitrogen and oxygen atoms in total. The van der Waals surface area contributed by atoms with Crippen molar-refractivity contribution in [3.05, 3.63) is 28.6 Å². The summed E-state index contributed by atoms with van der Waals surface area (Å²) in [6.07, 6.45) is 2.50. The van der Waals surface area contributed by atoms with Gasteiger partial charge in [0.15, 0.2) is 11.8 Å². The number of nitrogens with one attached hydrogen (secondary N) is 2. The van der Waals surface area contributed by atoms with E-state index in [0.29, 0.717) is 19.1 Å². The lowest BCUT2D eigenvalue weighted by Gasteiger charge is -2.24. The number of rotatable bonds is 7. The highest BCUT2D eigenvalue weighted by atomic mass is 127. The zero-order valence-corrected chi connectivity index (χ0v) is 21.4. The summed E-state index contributed by atoms with van der Waals surface area (Å²) < 4.78 is 3.91. The predicted octanol–water partition coefficient (Wildman–Crippen LogP) is 1.81. The molecule has 2 aromatic heterocycles. The van der Waals surface area contributed by atoms with Crippen molar-refractivity contribution in [3.63, 3.8) is 0 Å². The summed E-state index contributed by atoms with van der Waals surface area (Å²) in [6.45, 7) is 12.7. The number of aryl methyl sites for hydroxylation is 3. The molecular weight excluding hydrogens is 493 g/mol. The molecule has 0 spiro atoms. The standard InChI is InChI=1S/C20H35N9.HI/c1-7-29-10-8-9-17(29)11-21-20(23-13-19-25-24-16(4)27(19)5)22-12-18-14(2)26-28(6)15(18)3;/h17H,7-13H2,1-6H3,(H2,21,22,23);1H. The van der Waals surface area contributed by atoms with Gasteiger partial charge in [0.25, 0.3) is 0 Å². The van der Waals surface area contributed by atoms with Crippen LogP contribution in [0.1, 0.15) is 48.4 Å². The molecule has 30 heavy (non-hydrogen) atoms. The van der Waals surface area contributed by atoms with Crippen molar-refractivity contribution in [3.8, 4) is 0 Å². The average molecular weight is 529 g/mol. The van der Waals surface area contributed by atoms with Gasteiger partial charge in [-0.2, -0.15) is 5.10 Å². The molecule has 10 heteroatoms. The first kappa shape index (κ1) is 24.6. The van der Waals surface area contributed by atoms with E-state index < -0.39 is 0 Å². The van der Waals surface area contributed by atoms with E-state index in [2.05, 4.69) is 44.7 Å². The molecule has 2 aromatic rings. The third kappa shape index (κ3) is 5.71. The number of aromatic nitrogens is 5. The summed E-state index contributed by atoms with van der Waals surface area (Å²) in [6, 6.07) is 0.561. The van der Waals surface area contributed by atoms with Gasteiger partial charge < -0.3 is 15.2 Å². The van der Waals surface area contributed by atoms with Crippen LogP contribution < -0.4 is 10.6 Å². The molecule has 2 N–H and O–H groups in total. The Hall–Kier alpha value is -1.69. The smallest absolute Gasteiger partial charge is 0.192 e. The molecule has 0 radical (unpaired) electrons. The second-order valence-corrected chi connectivity index (χ2v) is 7.82. The Kier molecular flexibility index (Phi) is 9.08. The summed E-state index contributed by atoms with van der Waals surface area (Å²) >= 11 is 0. The number of nitrogens with zero attached hydrogens (tertiary/aromatic N) is 7. The Labute approximate surface area is 196 Å². The minimum atomic E-state index is 0. The molecule has 3 rings (SSSR count). The van der Waals surface area contributed by atoms with Crippen LogP contribution in [0.5, 0.6) is 0 Å². The molecule has 1 aliphatic heterocycles. The lowest BCUT2D eigenvalue weighted by molar-refractivity contribution is 0.267. The Morgan fingerprint density at radius 2 is 1.93 bits per heavy atom. The number of guanidine groups is 1. The normalized spacial score (nSPS) is 17.3. The third-order valence-corrected chi connectivity index (χ3v) is 6.06. The van der Waals surface area contributed by atoms with Crippen LogP contribution >= 0.6 is 24.0 Å². The van der Waals surface area contributed by atoms with Gasteiger partial charge in [-0.1, -0.05) is 6.92 Å². The quantitative estimate of drug-likeness (QED) is 0.323. The maximum absolute atomic E-state index is 4.86. The van der Waals surface area contributed by atoms with Crippen LogP contribution in [0, 0.1) is 20.8 Å². The highest BCUT2D eigenvalue weighted by Gasteiger charge is 2.23.